The molecule has 1 aliphatic rings. The standard InChI is InChI=1S/C27H28N4O7.C4H10N2O.CH5P/c1-17(2)26(27(37)28-14-23(34)29-20-7-3-19(4-8-20)15-38-16-32)30-22(33)13-18-5-9-21(10-6-18)31-24(35)11-12-25(31)36;1-2-3-6-4(5)7;1-2/h3-12,16-17,26H,13-15H2,1-2H3,(H,28,37)(H,29,34)(H,30,33);2-3H2,1H3,(H3,5,6,7);2H2,1H3. The Morgan fingerprint density at radius 3 is 1.96 bits per heavy atom. The highest BCUT2D eigenvalue weighted by Crippen LogP contribution is 2.20. The lowest BCUT2D eigenvalue weighted by Gasteiger charge is -2.22. The molecule has 2 atom stereocenters. The number of nitrogens with one attached hydrogen (secondary N) is 4. The lowest BCUT2D eigenvalue weighted by Crippen LogP contribution is -2.51. The minimum atomic E-state index is -0.863. The van der Waals surface area contributed by atoms with Crippen molar-refractivity contribution in [2.45, 2.75) is 46.3 Å². The zero-order valence-electron chi connectivity index (χ0n) is 26.9. The SMILES string of the molecule is CC(C)C(NC(=O)Cc1ccc(N2C(=O)C=CC2=O)cc1)C(=O)NCC(=O)Nc1ccc(COC=O)cc1.CCCNC(N)=O.CP. The summed E-state index contributed by atoms with van der Waals surface area (Å²) in [6.45, 7) is 8.29. The Kier molecular flexibility index (Phi) is 18.4. The molecule has 6 N–H and O–H groups in total. The van der Waals surface area contributed by atoms with E-state index in [1.807, 2.05) is 13.6 Å². The van der Waals surface area contributed by atoms with Crippen LogP contribution in [0, 0.1) is 5.92 Å². The second-order valence-electron chi connectivity index (χ2n) is 10.1. The first-order chi connectivity index (χ1) is 22.4. The second-order valence-corrected chi connectivity index (χ2v) is 10.1. The van der Waals surface area contributed by atoms with E-state index < -0.39 is 41.6 Å². The van der Waals surface area contributed by atoms with E-state index in [-0.39, 0.29) is 25.5 Å². The molecule has 7 amide bonds. The van der Waals surface area contributed by atoms with Crippen molar-refractivity contribution in [3.05, 3.63) is 71.8 Å². The zero-order valence-corrected chi connectivity index (χ0v) is 28.1. The van der Waals surface area contributed by atoms with Crippen LogP contribution < -0.4 is 31.9 Å². The first kappa shape index (κ1) is 39.9. The highest BCUT2D eigenvalue weighted by Gasteiger charge is 2.26. The number of amides is 7. The summed E-state index contributed by atoms with van der Waals surface area (Å²) in [5, 5.41) is 10.3. The molecule has 0 saturated heterocycles. The third-order valence-electron chi connectivity index (χ3n) is 6.16. The Hall–Kier alpha value is -5.10. The summed E-state index contributed by atoms with van der Waals surface area (Å²) in [4.78, 5) is 82.4. The number of carbonyl (C=O) groups is 7. The van der Waals surface area contributed by atoms with Gasteiger partial charge in [0.1, 0.15) is 12.6 Å². The fourth-order valence-electron chi connectivity index (χ4n) is 3.91. The molecule has 1 heterocycles. The Morgan fingerprint density at radius 2 is 1.47 bits per heavy atom. The summed E-state index contributed by atoms with van der Waals surface area (Å²) < 4.78 is 4.67. The number of carbonyl (C=O) groups excluding carboxylic acids is 7. The molecule has 3 rings (SSSR count). The number of primary amides is 1. The maximum atomic E-state index is 12.7. The minimum Gasteiger partial charge on any atom is -0.463 e. The number of imide groups is 1. The molecule has 2 aromatic rings. The summed E-state index contributed by atoms with van der Waals surface area (Å²) >= 11 is 0. The molecule has 15 heteroatoms. The highest BCUT2D eigenvalue weighted by atomic mass is 31.0. The van der Waals surface area contributed by atoms with Gasteiger partial charge >= 0.3 is 6.03 Å². The average molecular weight is 671 g/mol. The predicted octanol–water partition coefficient (Wildman–Crippen LogP) is 1.78. The number of nitrogens with zero attached hydrogens (tertiary/aromatic N) is 1. The molecule has 47 heavy (non-hydrogen) atoms. The molecule has 2 unspecified atom stereocenters. The second kappa shape index (κ2) is 21.6. The van der Waals surface area contributed by atoms with E-state index in [0.717, 1.165) is 16.9 Å². The smallest absolute Gasteiger partial charge is 0.312 e. The number of urea groups is 1. The number of ether oxygens (including phenoxy) is 1. The summed E-state index contributed by atoms with van der Waals surface area (Å²) in [6.07, 6.45) is 3.29. The van der Waals surface area contributed by atoms with Gasteiger partial charge in [0.15, 0.2) is 0 Å². The minimum absolute atomic E-state index is 0.0225. The summed E-state index contributed by atoms with van der Waals surface area (Å²) in [7, 11) is 2.42. The largest absolute Gasteiger partial charge is 0.463 e. The van der Waals surface area contributed by atoms with E-state index in [9.17, 15) is 33.6 Å². The van der Waals surface area contributed by atoms with Gasteiger partial charge in [-0.05, 0) is 47.7 Å². The van der Waals surface area contributed by atoms with Crippen LogP contribution in [0.1, 0.15) is 38.3 Å². The fraction of sp³-hybridized carbons (Fsp3) is 0.344. The van der Waals surface area contributed by atoms with Crippen molar-refractivity contribution in [2.24, 2.45) is 11.7 Å². The van der Waals surface area contributed by atoms with Gasteiger partial charge in [-0.3, -0.25) is 28.8 Å². The van der Waals surface area contributed by atoms with E-state index >= 15 is 0 Å². The summed E-state index contributed by atoms with van der Waals surface area (Å²) in [5.41, 5.74) is 7.02. The first-order valence-electron chi connectivity index (χ1n) is 14.7. The van der Waals surface area contributed by atoms with E-state index in [0.29, 0.717) is 30.0 Å². The molecular weight excluding hydrogens is 627 g/mol. The summed E-state index contributed by atoms with van der Waals surface area (Å²) in [6, 6.07) is 11.8. The number of hydrogen-bond donors (Lipinski definition) is 5. The number of benzene rings is 2. The van der Waals surface area contributed by atoms with Crippen LogP contribution in [-0.4, -0.2) is 67.8 Å². The van der Waals surface area contributed by atoms with Crippen molar-refractivity contribution < 1.29 is 38.3 Å². The van der Waals surface area contributed by atoms with E-state index in [1.165, 1.54) is 12.2 Å². The number of hydrogen-bond acceptors (Lipinski definition) is 8. The zero-order chi connectivity index (χ0) is 35.4. The molecule has 0 fully saturated rings. The van der Waals surface area contributed by atoms with Crippen LogP contribution in [0.2, 0.25) is 0 Å². The molecule has 0 spiro atoms. The fourth-order valence-corrected chi connectivity index (χ4v) is 3.91. The van der Waals surface area contributed by atoms with Crippen LogP contribution in [0.4, 0.5) is 16.2 Å². The lowest BCUT2D eigenvalue weighted by atomic mass is 10.0. The van der Waals surface area contributed by atoms with Crippen molar-refractivity contribution >= 4 is 62.7 Å². The summed E-state index contributed by atoms with van der Waals surface area (Å²) in [5.74, 6) is -2.46. The van der Waals surface area contributed by atoms with Gasteiger partial charge in [-0.1, -0.05) is 51.7 Å². The Bertz CT molecular complexity index is 1380. The third kappa shape index (κ3) is 14.7. The van der Waals surface area contributed by atoms with Gasteiger partial charge < -0.3 is 31.7 Å². The van der Waals surface area contributed by atoms with Crippen LogP contribution in [0.25, 0.3) is 0 Å². The molecule has 0 aromatic heterocycles. The van der Waals surface area contributed by atoms with Crippen LogP contribution in [0.5, 0.6) is 0 Å². The van der Waals surface area contributed by atoms with Gasteiger partial charge in [0.2, 0.25) is 17.7 Å². The van der Waals surface area contributed by atoms with Crippen LogP contribution in [-0.2, 0) is 46.5 Å². The van der Waals surface area contributed by atoms with Gasteiger partial charge in [-0.2, -0.15) is 0 Å². The molecule has 0 bridgehead atoms. The van der Waals surface area contributed by atoms with E-state index in [2.05, 4.69) is 35.2 Å². The van der Waals surface area contributed by atoms with Crippen molar-refractivity contribution in [3.8, 4) is 0 Å². The number of rotatable bonds is 14. The molecule has 0 aliphatic carbocycles. The molecular formula is C32H43N6O8P. The molecule has 0 radical (unpaired) electrons. The average Bonchev–Trinajstić information content (AvgIpc) is 3.39. The van der Waals surface area contributed by atoms with Gasteiger partial charge in [0, 0.05) is 24.4 Å². The quantitative estimate of drug-likeness (QED) is 0.114. The monoisotopic (exact) mass is 670 g/mol. The highest BCUT2D eigenvalue weighted by molar-refractivity contribution is 7.15. The van der Waals surface area contributed by atoms with Gasteiger partial charge in [-0.25, -0.2) is 9.69 Å². The van der Waals surface area contributed by atoms with Crippen LogP contribution in [0.3, 0.4) is 0 Å². The third-order valence-corrected chi connectivity index (χ3v) is 6.16. The van der Waals surface area contributed by atoms with E-state index in [4.69, 9.17) is 5.73 Å². The first-order valence-corrected chi connectivity index (χ1v) is 15.9. The van der Waals surface area contributed by atoms with Gasteiger partial charge in [-0.15, -0.1) is 9.24 Å². The Labute approximate surface area is 276 Å². The number of nitrogens with two attached hydrogens (primary N) is 1. The normalized spacial score (nSPS) is 12.1. The van der Waals surface area contributed by atoms with Crippen molar-refractivity contribution in [2.75, 3.05) is 30.0 Å². The van der Waals surface area contributed by atoms with Gasteiger partial charge in [0.05, 0.1) is 18.7 Å². The maximum absolute atomic E-state index is 12.7. The van der Waals surface area contributed by atoms with Gasteiger partial charge in [0.25, 0.3) is 18.3 Å². The molecule has 14 nitrogen and oxygen atoms in total. The Morgan fingerprint density at radius 1 is 0.894 bits per heavy atom. The molecule has 2 aromatic carbocycles. The van der Waals surface area contributed by atoms with Crippen LogP contribution >= 0.6 is 9.24 Å². The number of anilines is 2. The van der Waals surface area contributed by atoms with Crippen molar-refractivity contribution in [3.63, 3.8) is 0 Å². The van der Waals surface area contributed by atoms with Crippen molar-refractivity contribution in [1.29, 1.82) is 0 Å². The lowest BCUT2D eigenvalue weighted by molar-refractivity contribution is -0.130. The topological polar surface area (TPSA) is 206 Å². The van der Waals surface area contributed by atoms with E-state index in [1.54, 1.807) is 62.4 Å². The molecule has 254 valence electrons. The Balaban J connectivity index is 0.00000108. The van der Waals surface area contributed by atoms with Crippen molar-refractivity contribution in [1.82, 2.24) is 16.0 Å². The predicted molar refractivity (Wildman–Crippen MR) is 181 cm³/mol. The van der Waals surface area contributed by atoms with Crippen LogP contribution in [0.15, 0.2) is 60.7 Å². The molecule has 0 saturated carbocycles. The molecule has 1 aliphatic heterocycles. The maximum Gasteiger partial charge on any atom is 0.312 e.